The number of nitrogens with zero attached hydrogens (tertiary/aromatic N) is 2. The van der Waals surface area contributed by atoms with Crippen molar-refractivity contribution in [3.05, 3.63) is 30.3 Å². The molecule has 2 aliphatic rings. The van der Waals surface area contributed by atoms with E-state index in [0.717, 1.165) is 36.8 Å². The minimum Gasteiger partial charge on any atom is -0.351 e. The number of likely N-dealkylation sites (tertiary alicyclic amines) is 1. The highest BCUT2D eigenvalue weighted by Gasteiger charge is 2.33. The van der Waals surface area contributed by atoms with Gasteiger partial charge >= 0.3 is 0 Å². The Morgan fingerprint density at radius 2 is 2.00 bits per heavy atom. The minimum absolute atomic E-state index is 0.148. The second kappa shape index (κ2) is 6.30. The van der Waals surface area contributed by atoms with Gasteiger partial charge in [-0.05, 0) is 25.0 Å². The molecule has 0 saturated carbocycles. The second-order valence-corrected chi connectivity index (χ2v) is 6.32. The van der Waals surface area contributed by atoms with Crippen LogP contribution in [0.25, 0.3) is 0 Å². The van der Waals surface area contributed by atoms with Gasteiger partial charge in [0.15, 0.2) is 5.17 Å². The molecule has 0 bridgehead atoms. The van der Waals surface area contributed by atoms with Crippen LogP contribution >= 0.6 is 11.8 Å². The van der Waals surface area contributed by atoms with Gasteiger partial charge in [-0.3, -0.25) is 9.59 Å². The van der Waals surface area contributed by atoms with Gasteiger partial charge < -0.3 is 10.2 Å². The SMILES string of the molecule is O=C(CC1SC(N2CCCC2)=NC1=O)Nc1ccccc1. The van der Waals surface area contributed by atoms with Crippen molar-refractivity contribution < 1.29 is 9.59 Å². The number of anilines is 1. The molecule has 3 rings (SSSR count). The molecule has 1 aromatic carbocycles. The van der Waals surface area contributed by atoms with Crippen LogP contribution in [0.3, 0.4) is 0 Å². The van der Waals surface area contributed by atoms with Gasteiger partial charge in [-0.15, -0.1) is 0 Å². The minimum atomic E-state index is -0.385. The number of rotatable bonds is 3. The second-order valence-electron chi connectivity index (χ2n) is 5.15. The number of thioether (sulfide) groups is 1. The Balaban J connectivity index is 1.54. The molecule has 0 aromatic heterocycles. The van der Waals surface area contributed by atoms with E-state index in [0.29, 0.717) is 0 Å². The summed E-state index contributed by atoms with van der Waals surface area (Å²) in [6, 6.07) is 9.27. The molecular weight excluding hydrogens is 286 g/mol. The van der Waals surface area contributed by atoms with Gasteiger partial charge in [0.25, 0.3) is 5.91 Å². The fraction of sp³-hybridized carbons (Fsp3) is 0.400. The molecule has 2 heterocycles. The Labute approximate surface area is 127 Å². The maximum absolute atomic E-state index is 12.0. The number of aliphatic imine (C=N–C) groups is 1. The van der Waals surface area contributed by atoms with E-state index in [1.165, 1.54) is 11.8 Å². The molecule has 1 unspecified atom stereocenters. The maximum atomic E-state index is 12.0. The summed E-state index contributed by atoms with van der Waals surface area (Å²) in [7, 11) is 0. The predicted molar refractivity (Wildman–Crippen MR) is 84.3 cm³/mol. The van der Waals surface area contributed by atoms with Gasteiger partial charge in [-0.2, -0.15) is 4.99 Å². The number of amides is 2. The Kier molecular flexibility index (Phi) is 4.24. The Hall–Kier alpha value is -1.82. The van der Waals surface area contributed by atoms with Crippen LogP contribution in [-0.2, 0) is 9.59 Å². The van der Waals surface area contributed by atoms with E-state index in [2.05, 4.69) is 15.2 Å². The van der Waals surface area contributed by atoms with Crippen molar-refractivity contribution in [1.82, 2.24) is 4.90 Å². The molecule has 21 heavy (non-hydrogen) atoms. The molecule has 5 nitrogen and oxygen atoms in total. The lowest BCUT2D eigenvalue weighted by Crippen LogP contribution is -2.25. The third kappa shape index (κ3) is 3.44. The van der Waals surface area contributed by atoms with E-state index in [9.17, 15) is 9.59 Å². The summed E-state index contributed by atoms with van der Waals surface area (Å²) in [6.45, 7) is 1.92. The van der Waals surface area contributed by atoms with Crippen LogP contribution in [0, 0.1) is 0 Å². The number of nitrogens with one attached hydrogen (secondary N) is 1. The Bertz CT molecular complexity index is 568. The standard InChI is InChI=1S/C15H17N3O2S/c19-13(16-11-6-2-1-3-7-11)10-12-14(20)17-15(21-12)18-8-4-5-9-18/h1-3,6-7,12H,4-5,8-10H2,(H,16,19). The van der Waals surface area contributed by atoms with Gasteiger partial charge in [0.1, 0.15) is 5.25 Å². The third-order valence-electron chi connectivity index (χ3n) is 3.53. The molecule has 0 radical (unpaired) electrons. The summed E-state index contributed by atoms with van der Waals surface area (Å²) < 4.78 is 0. The lowest BCUT2D eigenvalue weighted by Gasteiger charge is -2.16. The number of benzene rings is 1. The zero-order valence-electron chi connectivity index (χ0n) is 11.6. The van der Waals surface area contributed by atoms with Crippen molar-refractivity contribution >= 4 is 34.4 Å². The van der Waals surface area contributed by atoms with Crippen LogP contribution in [-0.4, -0.2) is 40.2 Å². The van der Waals surface area contributed by atoms with Crippen molar-refractivity contribution in [2.24, 2.45) is 4.99 Å². The zero-order chi connectivity index (χ0) is 14.7. The molecule has 1 atom stereocenters. The summed E-state index contributed by atoms with van der Waals surface area (Å²) in [6.07, 6.45) is 2.46. The first-order valence-electron chi connectivity index (χ1n) is 7.11. The van der Waals surface area contributed by atoms with Crippen molar-refractivity contribution in [2.75, 3.05) is 18.4 Å². The van der Waals surface area contributed by atoms with Gasteiger partial charge in [-0.25, -0.2) is 0 Å². The highest BCUT2D eigenvalue weighted by molar-refractivity contribution is 8.15. The summed E-state index contributed by atoms with van der Waals surface area (Å²) in [5.74, 6) is -0.338. The quantitative estimate of drug-likeness (QED) is 0.929. The fourth-order valence-corrected chi connectivity index (χ4v) is 3.57. The molecule has 1 fully saturated rings. The summed E-state index contributed by atoms with van der Waals surface area (Å²) in [5, 5.41) is 3.21. The average molecular weight is 303 g/mol. The van der Waals surface area contributed by atoms with Gasteiger partial charge in [0, 0.05) is 25.2 Å². The molecule has 110 valence electrons. The van der Waals surface area contributed by atoms with E-state index in [1.807, 2.05) is 30.3 Å². The molecule has 6 heteroatoms. The first kappa shape index (κ1) is 14.1. The fourth-order valence-electron chi connectivity index (χ4n) is 2.45. The first-order chi connectivity index (χ1) is 10.2. The zero-order valence-corrected chi connectivity index (χ0v) is 12.4. The molecule has 1 saturated heterocycles. The monoisotopic (exact) mass is 303 g/mol. The lowest BCUT2D eigenvalue weighted by molar-refractivity contribution is -0.121. The van der Waals surface area contributed by atoms with E-state index < -0.39 is 0 Å². The van der Waals surface area contributed by atoms with Gasteiger partial charge in [-0.1, -0.05) is 30.0 Å². The van der Waals surface area contributed by atoms with Crippen molar-refractivity contribution in [3.63, 3.8) is 0 Å². The summed E-state index contributed by atoms with van der Waals surface area (Å²) in [5.41, 5.74) is 0.749. The Morgan fingerprint density at radius 1 is 1.29 bits per heavy atom. The predicted octanol–water partition coefficient (Wildman–Crippen LogP) is 2.11. The van der Waals surface area contributed by atoms with E-state index in [1.54, 1.807) is 0 Å². The number of para-hydroxylation sites is 1. The van der Waals surface area contributed by atoms with Crippen molar-refractivity contribution in [1.29, 1.82) is 0 Å². The summed E-state index contributed by atoms with van der Waals surface area (Å²) in [4.78, 5) is 30.2. The molecule has 1 N–H and O–H groups in total. The molecule has 1 aromatic rings. The number of hydrogen-bond donors (Lipinski definition) is 1. The van der Waals surface area contributed by atoms with Crippen LogP contribution in [0.15, 0.2) is 35.3 Å². The van der Waals surface area contributed by atoms with Crippen molar-refractivity contribution in [2.45, 2.75) is 24.5 Å². The van der Waals surface area contributed by atoms with Crippen molar-refractivity contribution in [3.8, 4) is 0 Å². The topological polar surface area (TPSA) is 61.8 Å². The number of hydrogen-bond acceptors (Lipinski definition) is 4. The molecular formula is C15H17N3O2S. The van der Waals surface area contributed by atoms with Crippen LogP contribution in [0.1, 0.15) is 19.3 Å². The first-order valence-corrected chi connectivity index (χ1v) is 7.99. The smallest absolute Gasteiger partial charge is 0.262 e. The molecule has 0 spiro atoms. The molecule has 2 aliphatic heterocycles. The normalized spacial score (nSPS) is 21.5. The molecule has 2 amide bonds. The Morgan fingerprint density at radius 3 is 2.71 bits per heavy atom. The third-order valence-corrected chi connectivity index (χ3v) is 4.75. The van der Waals surface area contributed by atoms with Gasteiger partial charge in [0.2, 0.25) is 5.91 Å². The van der Waals surface area contributed by atoms with Crippen LogP contribution in [0.4, 0.5) is 5.69 Å². The molecule has 0 aliphatic carbocycles. The number of amidine groups is 1. The van der Waals surface area contributed by atoms with E-state index >= 15 is 0 Å². The number of carbonyl (C=O) groups excluding carboxylic acids is 2. The summed E-state index contributed by atoms with van der Waals surface area (Å²) >= 11 is 1.42. The highest BCUT2D eigenvalue weighted by Crippen LogP contribution is 2.29. The lowest BCUT2D eigenvalue weighted by atomic mass is 10.2. The van der Waals surface area contributed by atoms with E-state index in [-0.39, 0.29) is 23.5 Å². The van der Waals surface area contributed by atoms with E-state index in [4.69, 9.17) is 0 Å². The maximum Gasteiger partial charge on any atom is 0.262 e. The highest BCUT2D eigenvalue weighted by atomic mass is 32.2. The van der Waals surface area contributed by atoms with Gasteiger partial charge in [0.05, 0.1) is 0 Å². The van der Waals surface area contributed by atoms with Crippen LogP contribution in [0.5, 0.6) is 0 Å². The number of carbonyl (C=O) groups is 2. The van der Waals surface area contributed by atoms with Crippen LogP contribution < -0.4 is 5.32 Å². The largest absolute Gasteiger partial charge is 0.351 e. The average Bonchev–Trinajstić information content (AvgIpc) is 3.10. The van der Waals surface area contributed by atoms with Crippen LogP contribution in [0.2, 0.25) is 0 Å².